The molecule has 0 bridgehead atoms. The first-order chi connectivity index (χ1) is 11.0. The Morgan fingerprint density at radius 2 is 1.58 bits per heavy atom. The lowest BCUT2D eigenvalue weighted by atomic mass is 9.87. The predicted octanol–water partition coefficient (Wildman–Crippen LogP) is 3.66. The Balaban J connectivity index is 2.72. The molecule has 4 nitrogen and oxygen atoms in total. The van der Waals surface area contributed by atoms with Gasteiger partial charge in [0.05, 0.1) is 4.90 Å². The van der Waals surface area contributed by atoms with Crippen LogP contribution in [0.3, 0.4) is 0 Å². The topological polar surface area (TPSA) is 72.2 Å². The minimum atomic E-state index is -3.48. The van der Waals surface area contributed by atoms with Crippen molar-refractivity contribution in [1.29, 1.82) is 0 Å². The first kappa shape index (κ1) is 21.1. The highest BCUT2D eigenvalue weighted by Crippen LogP contribution is 2.23. The summed E-state index contributed by atoms with van der Waals surface area (Å²) in [6, 6.07) is 7.05. The number of hydrogen-bond donors (Lipinski definition) is 2. The molecule has 0 aliphatic carbocycles. The molecule has 0 amide bonds. The summed E-state index contributed by atoms with van der Waals surface area (Å²) in [4.78, 5) is 0.321. The Bertz CT molecular complexity index is 601. The van der Waals surface area contributed by atoms with Gasteiger partial charge in [-0.05, 0) is 61.3 Å². The highest BCUT2D eigenvalue weighted by atomic mass is 32.2. The van der Waals surface area contributed by atoms with E-state index in [0.717, 1.165) is 18.4 Å². The van der Waals surface area contributed by atoms with Gasteiger partial charge in [-0.15, -0.1) is 0 Å². The van der Waals surface area contributed by atoms with Crippen molar-refractivity contribution in [2.45, 2.75) is 70.7 Å². The monoisotopic (exact) mass is 354 g/mol. The fourth-order valence-corrected chi connectivity index (χ4v) is 3.99. The average molecular weight is 355 g/mol. The maximum absolute atomic E-state index is 12.5. The fraction of sp³-hybridized carbons (Fsp3) is 0.684. The lowest BCUT2D eigenvalue weighted by molar-refractivity contribution is 0.346. The summed E-state index contributed by atoms with van der Waals surface area (Å²) in [6.07, 6.45) is 1.72. The van der Waals surface area contributed by atoms with E-state index in [-0.39, 0.29) is 11.5 Å². The average Bonchev–Trinajstić information content (AvgIpc) is 2.46. The summed E-state index contributed by atoms with van der Waals surface area (Å²) in [7, 11) is -3.48. The summed E-state index contributed by atoms with van der Waals surface area (Å²) >= 11 is 0. The molecule has 0 spiro atoms. The molecule has 5 heteroatoms. The molecule has 1 rings (SSSR count). The molecule has 0 aliphatic rings. The predicted molar refractivity (Wildman–Crippen MR) is 102 cm³/mol. The summed E-state index contributed by atoms with van der Waals surface area (Å²) in [5, 5.41) is 0. The van der Waals surface area contributed by atoms with Gasteiger partial charge in [-0.1, -0.05) is 46.8 Å². The molecule has 138 valence electrons. The Morgan fingerprint density at radius 1 is 1.04 bits per heavy atom. The van der Waals surface area contributed by atoms with Crippen LogP contribution in [0, 0.1) is 11.8 Å². The standard InChI is InChI=1S/C19H34N2O2S/c1-14(2)16(13-20)8-7-15(3)21-24(22,23)18-11-9-17(10-12-18)19(4,5)6/h9-12,14-16,21H,7-8,13,20H2,1-6H3/t15-,16+/m0/s1. The molecule has 0 aromatic heterocycles. The maximum Gasteiger partial charge on any atom is 0.240 e. The zero-order chi connectivity index (χ0) is 18.5. The van der Waals surface area contributed by atoms with E-state index in [4.69, 9.17) is 5.73 Å². The van der Waals surface area contributed by atoms with Crippen LogP contribution in [-0.4, -0.2) is 21.0 Å². The van der Waals surface area contributed by atoms with E-state index >= 15 is 0 Å². The third-order valence-electron chi connectivity index (χ3n) is 4.60. The summed E-state index contributed by atoms with van der Waals surface area (Å²) in [6.45, 7) is 13.2. The molecular weight excluding hydrogens is 320 g/mol. The van der Waals surface area contributed by atoms with Gasteiger partial charge in [-0.2, -0.15) is 0 Å². The molecular formula is C19H34N2O2S. The minimum Gasteiger partial charge on any atom is -0.330 e. The van der Waals surface area contributed by atoms with Crippen LogP contribution in [0.4, 0.5) is 0 Å². The highest BCUT2D eigenvalue weighted by Gasteiger charge is 2.20. The molecule has 0 radical (unpaired) electrons. The lowest BCUT2D eigenvalue weighted by Crippen LogP contribution is -2.33. The lowest BCUT2D eigenvalue weighted by Gasteiger charge is -2.22. The van der Waals surface area contributed by atoms with Crippen molar-refractivity contribution in [2.75, 3.05) is 6.54 Å². The van der Waals surface area contributed by atoms with E-state index in [9.17, 15) is 8.42 Å². The van der Waals surface area contributed by atoms with E-state index in [0.29, 0.717) is 23.3 Å². The van der Waals surface area contributed by atoms with Gasteiger partial charge in [0.15, 0.2) is 0 Å². The molecule has 1 aromatic carbocycles. The van der Waals surface area contributed by atoms with E-state index in [1.807, 2.05) is 19.1 Å². The van der Waals surface area contributed by atoms with E-state index in [1.54, 1.807) is 12.1 Å². The normalized spacial score (nSPS) is 15.5. The number of rotatable bonds is 8. The van der Waals surface area contributed by atoms with Gasteiger partial charge in [-0.25, -0.2) is 13.1 Å². The van der Waals surface area contributed by atoms with Gasteiger partial charge in [0.2, 0.25) is 10.0 Å². The number of nitrogens with two attached hydrogens (primary N) is 1. The SMILES string of the molecule is CC(C)[C@@H](CN)CC[C@H](C)NS(=O)(=O)c1ccc(C(C)(C)C)cc1. The van der Waals surface area contributed by atoms with Crippen molar-refractivity contribution in [3.8, 4) is 0 Å². The number of nitrogens with one attached hydrogen (secondary N) is 1. The molecule has 2 atom stereocenters. The van der Waals surface area contributed by atoms with Crippen molar-refractivity contribution >= 4 is 10.0 Å². The second-order valence-electron chi connectivity index (χ2n) is 8.11. The van der Waals surface area contributed by atoms with Crippen LogP contribution in [0.15, 0.2) is 29.2 Å². The Kier molecular flexibility index (Phi) is 7.44. The van der Waals surface area contributed by atoms with Gasteiger partial charge < -0.3 is 5.73 Å². The highest BCUT2D eigenvalue weighted by molar-refractivity contribution is 7.89. The van der Waals surface area contributed by atoms with E-state index in [1.165, 1.54) is 0 Å². The zero-order valence-corrected chi connectivity index (χ0v) is 16.8. The van der Waals surface area contributed by atoms with Crippen LogP contribution in [0.2, 0.25) is 0 Å². The smallest absolute Gasteiger partial charge is 0.240 e. The molecule has 0 aliphatic heterocycles. The van der Waals surface area contributed by atoms with Crippen molar-refractivity contribution in [3.05, 3.63) is 29.8 Å². The summed E-state index contributed by atoms with van der Waals surface area (Å²) in [5.74, 6) is 0.951. The largest absolute Gasteiger partial charge is 0.330 e. The van der Waals surface area contributed by atoms with Gasteiger partial charge in [0.1, 0.15) is 0 Å². The van der Waals surface area contributed by atoms with E-state index < -0.39 is 10.0 Å². The molecule has 0 saturated carbocycles. The second kappa shape index (κ2) is 8.45. The van der Waals surface area contributed by atoms with Crippen LogP contribution in [-0.2, 0) is 15.4 Å². The van der Waals surface area contributed by atoms with Gasteiger partial charge in [0, 0.05) is 6.04 Å². The molecule has 0 unspecified atom stereocenters. The van der Waals surface area contributed by atoms with Crippen LogP contribution in [0.25, 0.3) is 0 Å². The summed E-state index contributed by atoms with van der Waals surface area (Å²) < 4.78 is 27.8. The number of benzene rings is 1. The Labute approximate surface area is 148 Å². The van der Waals surface area contributed by atoms with Crippen LogP contribution in [0.5, 0.6) is 0 Å². The van der Waals surface area contributed by atoms with Gasteiger partial charge >= 0.3 is 0 Å². The molecule has 3 N–H and O–H groups in total. The Hall–Kier alpha value is -0.910. The first-order valence-electron chi connectivity index (χ1n) is 8.80. The summed E-state index contributed by atoms with van der Waals surface area (Å²) in [5.41, 5.74) is 6.92. The van der Waals surface area contributed by atoms with Crippen LogP contribution < -0.4 is 10.5 Å². The van der Waals surface area contributed by atoms with Crippen molar-refractivity contribution in [3.63, 3.8) is 0 Å². The molecule has 0 saturated heterocycles. The zero-order valence-electron chi connectivity index (χ0n) is 16.0. The van der Waals surface area contributed by atoms with E-state index in [2.05, 4.69) is 39.3 Å². The molecule has 0 heterocycles. The third kappa shape index (κ3) is 6.19. The second-order valence-corrected chi connectivity index (χ2v) is 9.83. The van der Waals surface area contributed by atoms with Crippen LogP contribution in [0.1, 0.15) is 59.9 Å². The first-order valence-corrected chi connectivity index (χ1v) is 10.3. The molecule has 1 aromatic rings. The van der Waals surface area contributed by atoms with Crippen molar-refractivity contribution in [1.82, 2.24) is 4.72 Å². The van der Waals surface area contributed by atoms with Gasteiger partial charge in [0.25, 0.3) is 0 Å². The maximum atomic E-state index is 12.5. The van der Waals surface area contributed by atoms with Crippen LogP contribution >= 0.6 is 0 Å². The third-order valence-corrected chi connectivity index (χ3v) is 6.21. The number of sulfonamides is 1. The Morgan fingerprint density at radius 3 is 2.00 bits per heavy atom. The van der Waals surface area contributed by atoms with Gasteiger partial charge in [-0.3, -0.25) is 0 Å². The fourth-order valence-electron chi connectivity index (χ4n) is 2.71. The quantitative estimate of drug-likeness (QED) is 0.748. The van der Waals surface area contributed by atoms with Crippen molar-refractivity contribution < 1.29 is 8.42 Å². The molecule has 0 fully saturated rings. The van der Waals surface area contributed by atoms with Crippen molar-refractivity contribution in [2.24, 2.45) is 17.6 Å². The number of hydrogen-bond acceptors (Lipinski definition) is 3. The molecule has 24 heavy (non-hydrogen) atoms. The minimum absolute atomic E-state index is 0.0110.